The molecule has 0 fully saturated rings. The third-order valence-electron chi connectivity index (χ3n) is 3.49. The van der Waals surface area contributed by atoms with Gasteiger partial charge in [0.15, 0.2) is 0 Å². The van der Waals surface area contributed by atoms with Crippen LogP contribution in [-0.4, -0.2) is 40.8 Å². The van der Waals surface area contributed by atoms with Crippen molar-refractivity contribution in [3.8, 4) is 0 Å². The Bertz CT molecular complexity index is 954. The van der Waals surface area contributed by atoms with Gasteiger partial charge < -0.3 is 10.1 Å². The highest BCUT2D eigenvalue weighted by molar-refractivity contribution is 7.89. The summed E-state index contributed by atoms with van der Waals surface area (Å²) in [4.78, 5) is 29.4. The Hall–Kier alpha value is -2.23. The lowest BCUT2D eigenvalue weighted by atomic mass is 10.2. The number of aromatic nitrogens is 2. The summed E-state index contributed by atoms with van der Waals surface area (Å²) in [5.74, 6) is -1.03. The summed E-state index contributed by atoms with van der Waals surface area (Å²) in [6, 6.07) is 5.69. The fourth-order valence-corrected chi connectivity index (χ4v) is 3.44. The van der Waals surface area contributed by atoms with Crippen LogP contribution in [0.4, 0.5) is 0 Å². The van der Waals surface area contributed by atoms with Gasteiger partial charge in [-0.15, -0.1) is 0 Å². The van der Waals surface area contributed by atoms with Crippen molar-refractivity contribution in [1.29, 1.82) is 0 Å². The number of benzene rings is 1. The molecule has 1 heterocycles. The third-order valence-corrected chi connectivity index (χ3v) is 5.56. The second kappa shape index (κ2) is 7.34. The number of sulfonamides is 1. The molecule has 1 aromatic carbocycles. The minimum Gasteiger partial charge on any atom is -0.481 e. The minimum atomic E-state index is -3.79. The average molecular weight is 386 g/mol. The van der Waals surface area contributed by atoms with Crippen LogP contribution in [0.25, 0.3) is 0 Å². The Labute approximate surface area is 149 Å². The number of nitrogens with one attached hydrogen (secondary N) is 1. The van der Waals surface area contributed by atoms with Crippen LogP contribution in [0.15, 0.2) is 34.0 Å². The highest BCUT2D eigenvalue weighted by Gasteiger charge is 2.22. The van der Waals surface area contributed by atoms with E-state index in [2.05, 4.69) is 9.97 Å². The number of carboxylic acids is 1. The largest absolute Gasteiger partial charge is 0.481 e. The SMILES string of the molecule is Cc1nc(CN(C)S(=O)(=O)c2ccc(Cl)cc2)[nH]c(=O)c1CC(=O)O. The molecule has 0 aliphatic rings. The molecule has 0 spiro atoms. The van der Waals surface area contributed by atoms with Crippen LogP contribution in [0.3, 0.4) is 0 Å². The lowest BCUT2D eigenvalue weighted by Crippen LogP contribution is -2.30. The van der Waals surface area contributed by atoms with Gasteiger partial charge in [-0.1, -0.05) is 11.6 Å². The van der Waals surface area contributed by atoms with Crippen LogP contribution < -0.4 is 5.56 Å². The summed E-state index contributed by atoms with van der Waals surface area (Å²) < 4.78 is 26.1. The van der Waals surface area contributed by atoms with E-state index >= 15 is 0 Å². The Morgan fingerprint density at radius 1 is 1.32 bits per heavy atom. The first-order chi connectivity index (χ1) is 11.6. The molecule has 0 bridgehead atoms. The summed E-state index contributed by atoms with van der Waals surface area (Å²) in [5.41, 5.74) is -0.305. The standard InChI is InChI=1S/C15H16ClN3O5S/c1-9-12(7-14(20)21)15(22)18-13(17-9)8-19(2)25(23,24)11-5-3-10(16)4-6-11/h3-6H,7-8H2,1-2H3,(H,20,21)(H,17,18,22). The maximum atomic E-state index is 12.5. The van der Waals surface area contributed by atoms with Crippen molar-refractivity contribution >= 4 is 27.6 Å². The number of hydrogen-bond donors (Lipinski definition) is 2. The van der Waals surface area contributed by atoms with Crippen molar-refractivity contribution in [2.45, 2.75) is 24.8 Å². The van der Waals surface area contributed by atoms with Crippen molar-refractivity contribution in [2.75, 3.05) is 7.05 Å². The molecule has 0 saturated heterocycles. The number of nitrogens with zero attached hydrogens (tertiary/aromatic N) is 2. The van der Waals surface area contributed by atoms with Gasteiger partial charge in [0.1, 0.15) is 5.82 Å². The number of H-pyrrole nitrogens is 1. The molecule has 0 unspecified atom stereocenters. The molecule has 2 rings (SSSR count). The summed E-state index contributed by atoms with van der Waals surface area (Å²) in [7, 11) is -2.44. The summed E-state index contributed by atoms with van der Waals surface area (Å²) in [6.07, 6.45) is -0.451. The van der Waals surface area contributed by atoms with Crippen LogP contribution in [-0.2, 0) is 27.8 Å². The lowest BCUT2D eigenvalue weighted by Gasteiger charge is -2.17. The predicted molar refractivity (Wildman–Crippen MR) is 91.0 cm³/mol. The normalized spacial score (nSPS) is 11.7. The molecule has 8 nitrogen and oxygen atoms in total. The van der Waals surface area contributed by atoms with Crippen molar-refractivity contribution in [1.82, 2.24) is 14.3 Å². The lowest BCUT2D eigenvalue weighted by molar-refractivity contribution is -0.136. The first-order valence-electron chi connectivity index (χ1n) is 7.13. The Morgan fingerprint density at radius 3 is 2.44 bits per heavy atom. The van der Waals surface area contributed by atoms with Crippen LogP contribution in [0, 0.1) is 6.92 Å². The van der Waals surface area contributed by atoms with Gasteiger partial charge in [-0.3, -0.25) is 9.59 Å². The molecule has 10 heteroatoms. The van der Waals surface area contributed by atoms with Gasteiger partial charge in [-0.05, 0) is 31.2 Å². The molecule has 0 aliphatic heterocycles. The molecular formula is C15H16ClN3O5S. The van der Waals surface area contributed by atoms with Crippen LogP contribution in [0.5, 0.6) is 0 Å². The Balaban J connectivity index is 2.28. The van der Waals surface area contributed by atoms with Crippen molar-refractivity contribution < 1.29 is 18.3 Å². The second-order valence-electron chi connectivity index (χ2n) is 5.36. The van der Waals surface area contributed by atoms with Gasteiger partial charge in [-0.2, -0.15) is 4.31 Å². The second-order valence-corrected chi connectivity index (χ2v) is 7.84. The van der Waals surface area contributed by atoms with Gasteiger partial charge in [0.2, 0.25) is 10.0 Å². The van der Waals surface area contributed by atoms with Crippen LogP contribution >= 0.6 is 11.6 Å². The molecule has 25 heavy (non-hydrogen) atoms. The highest BCUT2D eigenvalue weighted by Crippen LogP contribution is 2.18. The molecule has 2 aromatic rings. The molecule has 1 aromatic heterocycles. The fraction of sp³-hybridized carbons (Fsp3) is 0.267. The number of rotatable bonds is 6. The quantitative estimate of drug-likeness (QED) is 0.770. The van der Waals surface area contributed by atoms with E-state index in [-0.39, 0.29) is 28.5 Å². The zero-order chi connectivity index (χ0) is 18.8. The van der Waals surface area contributed by atoms with Gasteiger partial charge in [0, 0.05) is 23.3 Å². The van der Waals surface area contributed by atoms with E-state index in [9.17, 15) is 18.0 Å². The molecule has 0 atom stereocenters. The number of halogens is 1. The smallest absolute Gasteiger partial charge is 0.308 e. The van der Waals surface area contributed by atoms with E-state index in [0.29, 0.717) is 5.02 Å². The molecule has 2 N–H and O–H groups in total. The van der Waals surface area contributed by atoms with Crippen molar-refractivity contribution in [3.63, 3.8) is 0 Å². The van der Waals surface area contributed by atoms with E-state index in [1.807, 2.05) is 0 Å². The van der Waals surface area contributed by atoms with E-state index in [4.69, 9.17) is 16.7 Å². The zero-order valence-electron chi connectivity index (χ0n) is 13.5. The van der Waals surface area contributed by atoms with Crippen molar-refractivity contribution in [2.24, 2.45) is 0 Å². The minimum absolute atomic E-state index is 0.0412. The van der Waals surface area contributed by atoms with Gasteiger partial charge in [0.25, 0.3) is 5.56 Å². The molecule has 0 radical (unpaired) electrons. The van der Waals surface area contributed by atoms with Crippen LogP contribution in [0.2, 0.25) is 5.02 Å². The first-order valence-corrected chi connectivity index (χ1v) is 8.95. The van der Waals surface area contributed by atoms with Gasteiger partial charge in [-0.25, -0.2) is 13.4 Å². The van der Waals surface area contributed by atoms with E-state index in [1.54, 1.807) is 0 Å². The number of carboxylic acid groups (broad SMARTS) is 1. The maximum Gasteiger partial charge on any atom is 0.308 e. The van der Waals surface area contributed by atoms with Crippen LogP contribution in [0.1, 0.15) is 17.1 Å². The Morgan fingerprint density at radius 2 is 1.92 bits per heavy atom. The number of aryl methyl sites for hydroxylation is 1. The predicted octanol–water partition coefficient (Wildman–Crippen LogP) is 1.18. The van der Waals surface area contributed by atoms with E-state index in [1.165, 1.54) is 38.2 Å². The van der Waals surface area contributed by atoms with Crippen molar-refractivity contribution in [3.05, 3.63) is 56.7 Å². The number of aliphatic carboxylic acids is 1. The van der Waals surface area contributed by atoms with E-state index < -0.39 is 28.0 Å². The van der Waals surface area contributed by atoms with Gasteiger partial charge in [0.05, 0.1) is 17.9 Å². The number of carbonyl (C=O) groups is 1. The van der Waals surface area contributed by atoms with E-state index in [0.717, 1.165) is 4.31 Å². The topological polar surface area (TPSA) is 120 Å². The summed E-state index contributed by atoms with van der Waals surface area (Å²) in [6.45, 7) is 1.33. The molecule has 0 saturated carbocycles. The summed E-state index contributed by atoms with van der Waals surface area (Å²) in [5, 5.41) is 9.22. The molecular weight excluding hydrogens is 370 g/mol. The average Bonchev–Trinajstić information content (AvgIpc) is 2.51. The monoisotopic (exact) mass is 385 g/mol. The first kappa shape index (κ1) is 19.1. The van der Waals surface area contributed by atoms with Gasteiger partial charge >= 0.3 is 5.97 Å². The third kappa shape index (κ3) is 4.44. The molecule has 0 amide bonds. The fourth-order valence-electron chi connectivity index (χ4n) is 2.19. The Kier molecular flexibility index (Phi) is 5.61. The zero-order valence-corrected chi connectivity index (χ0v) is 15.1. The summed E-state index contributed by atoms with van der Waals surface area (Å²) >= 11 is 5.76. The molecule has 0 aliphatic carbocycles. The number of hydrogen-bond acceptors (Lipinski definition) is 5. The number of aromatic amines is 1. The maximum absolute atomic E-state index is 12.5. The molecule has 134 valence electrons. The highest BCUT2D eigenvalue weighted by atomic mass is 35.5.